The first-order chi connectivity index (χ1) is 7.66. The van der Waals surface area contributed by atoms with Gasteiger partial charge in [-0.05, 0) is 18.2 Å². The van der Waals surface area contributed by atoms with Gasteiger partial charge in [-0.2, -0.15) is 0 Å². The SMILES string of the molecule is NC(=O)N1CCN(c2cccc(Br)c2)CC1. The molecule has 1 fully saturated rings. The number of hydrogen-bond donors (Lipinski definition) is 1. The highest BCUT2D eigenvalue weighted by atomic mass is 79.9. The van der Waals surface area contributed by atoms with E-state index in [1.54, 1.807) is 4.90 Å². The summed E-state index contributed by atoms with van der Waals surface area (Å²) in [5.74, 6) is 0. The third-order valence-electron chi connectivity index (χ3n) is 2.76. The summed E-state index contributed by atoms with van der Waals surface area (Å²) in [5, 5.41) is 0. The van der Waals surface area contributed by atoms with Gasteiger partial charge in [-0.1, -0.05) is 22.0 Å². The molecule has 2 amide bonds. The van der Waals surface area contributed by atoms with Crippen LogP contribution in [0.15, 0.2) is 28.7 Å². The second-order valence-electron chi connectivity index (χ2n) is 3.79. The van der Waals surface area contributed by atoms with Crippen LogP contribution in [0, 0.1) is 0 Å². The van der Waals surface area contributed by atoms with Crippen molar-refractivity contribution < 1.29 is 4.79 Å². The predicted molar refractivity (Wildman–Crippen MR) is 67.5 cm³/mol. The van der Waals surface area contributed by atoms with E-state index in [4.69, 9.17) is 5.73 Å². The van der Waals surface area contributed by atoms with Gasteiger partial charge < -0.3 is 15.5 Å². The minimum absolute atomic E-state index is 0.325. The first-order valence-corrected chi connectivity index (χ1v) is 6.01. The number of amides is 2. The number of piperazine rings is 1. The van der Waals surface area contributed by atoms with E-state index in [9.17, 15) is 4.79 Å². The molecule has 0 aliphatic carbocycles. The van der Waals surface area contributed by atoms with E-state index in [0.29, 0.717) is 13.1 Å². The standard InChI is InChI=1S/C11H14BrN3O/c12-9-2-1-3-10(8-9)14-4-6-15(7-5-14)11(13)16/h1-3,8H,4-7H2,(H2,13,16). The third-order valence-corrected chi connectivity index (χ3v) is 3.26. The molecule has 4 nitrogen and oxygen atoms in total. The highest BCUT2D eigenvalue weighted by Gasteiger charge is 2.19. The zero-order chi connectivity index (χ0) is 11.5. The minimum atomic E-state index is -0.325. The molecule has 1 aromatic carbocycles. The molecule has 1 saturated heterocycles. The number of urea groups is 1. The lowest BCUT2D eigenvalue weighted by atomic mass is 10.2. The number of primary amides is 1. The molecular weight excluding hydrogens is 270 g/mol. The fourth-order valence-corrected chi connectivity index (χ4v) is 2.25. The molecule has 86 valence electrons. The highest BCUT2D eigenvalue weighted by Crippen LogP contribution is 2.20. The zero-order valence-electron chi connectivity index (χ0n) is 8.90. The number of carbonyl (C=O) groups excluding carboxylic acids is 1. The van der Waals surface area contributed by atoms with Crippen LogP contribution < -0.4 is 10.6 Å². The zero-order valence-corrected chi connectivity index (χ0v) is 10.5. The number of hydrogen-bond acceptors (Lipinski definition) is 2. The molecule has 0 bridgehead atoms. The molecule has 0 unspecified atom stereocenters. The van der Waals surface area contributed by atoms with Crippen LogP contribution in [-0.2, 0) is 0 Å². The van der Waals surface area contributed by atoms with Gasteiger partial charge in [-0.25, -0.2) is 4.79 Å². The number of benzene rings is 1. The molecule has 1 aliphatic rings. The highest BCUT2D eigenvalue weighted by molar-refractivity contribution is 9.10. The molecule has 2 N–H and O–H groups in total. The minimum Gasteiger partial charge on any atom is -0.368 e. The van der Waals surface area contributed by atoms with Crippen LogP contribution >= 0.6 is 15.9 Å². The van der Waals surface area contributed by atoms with E-state index >= 15 is 0 Å². The topological polar surface area (TPSA) is 49.6 Å². The molecule has 1 heterocycles. The number of halogens is 1. The van der Waals surface area contributed by atoms with Crippen molar-refractivity contribution >= 4 is 27.6 Å². The fraction of sp³-hybridized carbons (Fsp3) is 0.364. The molecule has 1 aliphatic heterocycles. The van der Waals surface area contributed by atoms with Gasteiger partial charge in [0.2, 0.25) is 0 Å². The lowest BCUT2D eigenvalue weighted by molar-refractivity contribution is 0.204. The van der Waals surface area contributed by atoms with Crippen LogP contribution in [0.5, 0.6) is 0 Å². The summed E-state index contributed by atoms with van der Waals surface area (Å²) in [6.07, 6.45) is 0. The van der Waals surface area contributed by atoms with Crippen molar-refractivity contribution in [1.29, 1.82) is 0 Å². The van der Waals surface area contributed by atoms with E-state index < -0.39 is 0 Å². The molecule has 0 aromatic heterocycles. The Morgan fingerprint density at radius 1 is 1.25 bits per heavy atom. The van der Waals surface area contributed by atoms with E-state index in [1.807, 2.05) is 12.1 Å². The molecule has 16 heavy (non-hydrogen) atoms. The summed E-state index contributed by atoms with van der Waals surface area (Å²) in [6.45, 7) is 3.06. The van der Waals surface area contributed by atoms with Gasteiger partial charge in [0.15, 0.2) is 0 Å². The third kappa shape index (κ3) is 2.47. The van der Waals surface area contributed by atoms with Gasteiger partial charge in [-0.15, -0.1) is 0 Å². The Bertz CT molecular complexity index is 389. The molecule has 5 heteroatoms. The summed E-state index contributed by atoms with van der Waals surface area (Å²) in [4.78, 5) is 14.9. The van der Waals surface area contributed by atoms with Crippen LogP contribution in [-0.4, -0.2) is 37.1 Å². The Morgan fingerprint density at radius 3 is 2.50 bits per heavy atom. The molecular formula is C11H14BrN3O. The maximum absolute atomic E-state index is 11.0. The number of carbonyl (C=O) groups is 1. The van der Waals surface area contributed by atoms with Crippen molar-refractivity contribution in [1.82, 2.24) is 4.90 Å². The van der Waals surface area contributed by atoms with Crippen molar-refractivity contribution in [3.05, 3.63) is 28.7 Å². The maximum Gasteiger partial charge on any atom is 0.314 e. The van der Waals surface area contributed by atoms with E-state index in [1.165, 1.54) is 5.69 Å². The first kappa shape index (κ1) is 11.3. The fourth-order valence-electron chi connectivity index (χ4n) is 1.86. The average Bonchev–Trinajstić information content (AvgIpc) is 2.29. The van der Waals surface area contributed by atoms with Gasteiger partial charge in [-0.3, -0.25) is 0 Å². The molecule has 1 aromatic rings. The monoisotopic (exact) mass is 283 g/mol. The second-order valence-corrected chi connectivity index (χ2v) is 4.71. The Kier molecular flexibility index (Phi) is 3.33. The van der Waals surface area contributed by atoms with Crippen molar-refractivity contribution in [3.63, 3.8) is 0 Å². The molecule has 2 rings (SSSR count). The lowest BCUT2D eigenvalue weighted by Gasteiger charge is -2.35. The Labute approximate surface area is 103 Å². The number of anilines is 1. The molecule has 0 spiro atoms. The van der Waals surface area contributed by atoms with Crippen molar-refractivity contribution in [3.8, 4) is 0 Å². The van der Waals surface area contributed by atoms with Crippen molar-refractivity contribution in [2.75, 3.05) is 31.1 Å². The Hall–Kier alpha value is -1.23. The Morgan fingerprint density at radius 2 is 1.94 bits per heavy atom. The summed E-state index contributed by atoms with van der Waals surface area (Å²) >= 11 is 3.45. The summed E-state index contributed by atoms with van der Waals surface area (Å²) < 4.78 is 1.07. The van der Waals surface area contributed by atoms with E-state index in [2.05, 4.69) is 33.0 Å². The van der Waals surface area contributed by atoms with Crippen LogP contribution in [0.25, 0.3) is 0 Å². The van der Waals surface area contributed by atoms with Crippen molar-refractivity contribution in [2.24, 2.45) is 5.73 Å². The summed E-state index contributed by atoms with van der Waals surface area (Å²) in [5.41, 5.74) is 6.42. The second kappa shape index (κ2) is 4.74. The Balaban J connectivity index is 2.01. The number of nitrogens with two attached hydrogens (primary N) is 1. The van der Waals surface area contributed by atoms with Gasteiger partial charge in [0.1, 0.15) is 0 Å². The van der Waals surface area contributed by atoms with Crippen LogP contribution in [0.1, 0.15) is 0 Å². The van der Waals surface area contributed by atoms with E-state index in [-0.39, 0.29) is 6.03 Å². The summed E-state index contributed by atoms with van der Waals surface area (Å²) in [6, 6.07) is 7.85. The van der Waals surface area contributed by atoms with Gasteiger partial charge in [0.25, 0.3) is 0 Å². The smallest absolute Gasteiger partial charge is 0.314 e. The predicted octanol–water partition coefficient (Wildman–Crippen LogP) is 1.65. The maximum atomic E-state index is 11.0. The van der Waals surface area contributed by atoms with Gasteiger partial charge >= 0.3 is 6.03 Å². The normalized spacial score (nSPS) is 16.3. The largest absolute Gasteiger partial charge is 0.368 e. The van der Waals surface area contributed by atoms with Crippen molar-refractivity contribution in [2.45, 2.75) is 0 Å². The number of rotatable bonds is 1. The van der Waals surface area contributed by atoms with Crippen LogP contribution in [0.4, 0.5) is 10.5 Å². The van der Waals surface area contributed by atoms with Crippen LogP contribution in [0.3, 0.4) is 0 Å². The van der Waals surface area contributed by atoms with Crippen LogP contribution in [0.2, 0.25) is 0 Å². The van der Waals surface area contributed by atoms with Gasteiger partial charge in [0.05, 0.1) is 0 Å². The molecule has 0 atom stereocenters. The van der Waals surface area contributed by atoms with Gasteiger partial charge in [0, 0.05) is 36.3 Å². The first-order valence-electron chi connectivity index (χ1n) is 5.22. The van der Waals surface area contributed by atoms with E-state index in [0.717, 1.165) is 17.6 Å². The summed E-state index contributed by atoms with van der Waals surface area (Å²) in [7, 11) is 0. The molecule has 0 saturated carbocycles. The lowest BCUT2D eigenvalue weighted by Crippen LogP contribution is -2.50. The average molecular weight is 284 g/mol. The molecule has 0 radical (unpaired) electrons. The number of nitrogens with zero attached hydrogens (tertiary/aromatic N) is 2. The quantitative estimate of drug-likeness (QED) is 0.852.